The van der Waals surface area contributed by atoms with Crippen LogP contribution in [0.3, 0.4) is 0 Å². The fraction of sp³-hybridized carbons (Fsp3) is 0.231. The van der Waals surface area contributed by atoms with Gasteiger partial charge in [0.1, 0.15) is 5.75 Å². The van der Waals surface area contributed by atoms with Gasteiger partial charge in [0.25, 0.3) is 5.91 Å². The summed E-state index contributed by atoms with van der Waals surface area (Å²) >= 11 is 0. The largest absolute Gasteiger partial charge is 0.496 e. The second kappa shape index (κ2) is 12.9. The summed E-state index contributed by atoms with van der Waals surface area (Å²) in [6.07, 6.45) is 0. The minimum Gasteiger partial charge on any atom is -0.496 e. The van der Waals surface area contributed by atoms with Crippen molar-refractivity contribution in [2.45, 2.75) is 19.6 Å². The highest BCUT2D eigenvalue weighted by molar-refractivity contribution is 6.09. The number of nitrogens with zero attached hydrogens (tertiary/aromatic N) is 4. The molecule has 2 amide bonds. The average Bonchev–Trinajstić information content (AvgIpc) is 3.38. The van der Waals surface area contributed by atoms with Crippen LogP contribution in [0.15, 0.2) is 103 Å². The molecule has 0 atom stereocenters. The molecular weight excluding hydrogens is 586 g/mol. The van der Waals surface area contributed by atoms with E-state index in [2.05, 4.69) is 39.6 Å². The number of ether oxygens (including phenoxy) is 1. The van der Waals surface area contributed by atoms with Crippen molar-refractivity contribution >= 4 is 17.5 Å². The smallest absolute Gasteiger partial charge is 0.258 e. The van der Waals surface area contributed by atoms with Crippen molar-refractivity contribution in [3.05, 3.63) is 131 Å². The minimum absolute atomic E-state index is 0.120. The molecule has 3 heterocycles. The number of primary amides is 1. The van der Waals surface area contributed by atoms with E-state index < -0.39 is 5.91 Å². The SMILES string of the molecule is COc1cc(C(=O)N2Cc3ccc(CN4CCN(C)CC4)n3Cc3ccccc32)ccc1-c1cccc(-c2ccccc2)c1C(N)=O. The molecule has 0 bridgehead atoms. The maximum atomic E-state index is 14.4. The zero-order chi connectivity index (χ0) is 32.5. The zero-order valence-electron chi connectivity index (χ0n) is 26.9. The molecule has 1 aromatic heterocycles. The fourth-order valence-electron chi connectivity index (χ4n) is 6.88. The maximum Gasteiger partial charge on any atom is 0.258 e. The molecule has 0 saturated carbocycles. The van der Waals surface area contributed by atoms with Gasteiger partial charge in [0.2, 0.25) is 5.91 Å². The molecule has 2 N–H and O–H groups in total. The van der Waals surface area contributed by atoms with Crippen LogP contribution in [0, 0.1) is 0 Å². The lowest BCUT2D eigenvalue weighted by molar-refractivity contribution is 0.0981. The van der Waals surface area contributed by atoms with Crippen LogP contribution in [0.5, 0.6) is 5.75 Å². The molecule has 8 heteroatoms. The molecule has 0 aliphatic carbocycles. The van der Waals surface area contributed by atoms with Gasteiger partial charge in [0, 0.05) is 67.5 Å². The predicted molar refractivity (Wildman–Crippen MR) is 186 cm³/mol. The fourth-order valence-corrected chi connectivity index (χ4v) is 6.88. The van der Waals surface area contributed by atoms with Crippen LogP contribution in [0.1, 0.15) is 37.7 Å². The van der Waals surface area contributed by atoms with E-state index in [0.717, 1.165) is 60.8 Å². The number of carbonyl (C=O) groups excluding carboxylic acids is 2. The molecule has 7 rings (SSSR count). The molecule has 47 heavy (non-hydrogen) atoms. The number of aromatic nitrogens is 1. The third-order valence-electron chi connectivity index (χ3n) is 9.45. The number of anilines is 1. The molecule has 4 aromatic carbocycles. The molecular formula is C39H39N5O3. The molecule has 8 nitrogen and oxygen atoms in total. The Morgan fingerprint density at radius 3 is 2.28 bits per heavy atom. The monoisotopic (exact) mass is 625 g/mol. The molecule has 5 aromatic rings. The highest BCUT2D eigenvalue weighted by Gasteiger charge is 2.28. The van der Waals surface area contributed by atoms with Gasteiger partial charge in [-0.25, -0.2) is 0 Å². The minimum atomic E-state index is -0.530. The van der Waals surface area contributed by atoms with Crippen molar-refractivity contribution in [1.82, 2.24) is 14.4 Å². The molecule has 1 fully saturated rings. The van der Waals surface area contributed by atoms with Crippen molar-refractivity contribution < 1.29 is 14.3 Å². The predicted octanol–water partition coefficient (Wildman–Crippen LogP) is 5.89. The molecule has 238 valence electrons. The summed E-state index contributed by atoms with van der Waals surface area (Å²) in [6.45, 7) is 6.30. The standard InChI is InChI=1S/C39H39N5O3/c1-41-19-21-42(22-20-41)25-30-16-17-31-26-44(35-14-7-6-11-29(35)24-43(30)31)39(46)28-15-18-33(36(23-28)47-2)34-13-8-12-32(37(34)38(40)45)27-9-4-3-5-10-27/h3-18,23H,19-22,24-26H2,1-2H3,(H2,40,45). The van der Waals surface area contributed by atoms with Gasteiger partial charge in [-0.1, -0.05) is 66.7 Å². The molecule has 0 radical (unpaired) electrons. The van der Waals surface area contributed by atoms with Crippen molar-refractivity contribution in [1.29, 1.82) is 0 Å². The summed E-state index contributed by atoms with van der Waals surface area (Å²) in [6, 6.07) is 33.3. The first-order valence-corrected chi connectivity index (χ1v) is 16.1. The highest BCUT2D eigenvalue weighted by atomic mass is 16.5. The van der Waals surface area contributed by atoms with E-state index >= 15 is 0 Å². The summed E-state index contributed by atoms with van der Waals surface area (Å²) in [5.74, 6) is -0.159. The van der Waals surface area contributed by atoms with Gasteiger partial charge in [-0.3, -0.25) is 14.5 Å². The van der Waals surface area contributed by atoms with E-state index in [4.69, 9.17) is 10.5 Å². The van der Waals surface area contributed by atoms with Gasteiger partial charge >= 0.3 is 0 Å². The number of piperazine rings is 1. The number of hydrogen-bond donors (Lipinski definition) is 1. The van der Waals surface area contributed by atoms with Gasteiger partial charge < -0.3 is 24.8 Å². The molecule has 0 unspecified atom stereocenters. The van der Waals surface area contributed by atoms with Crippen LogP contribution >= 0.6 is 0 Å². The van der Waals surface area contributed by atoms with Gasteiger partial charge in [0.05, 0.1) is 19.2 Å². The Kier molecular flexibility index (Phi) is 8.37. The summed E-state index contributed by atoms with van der Waals surface area (Å²) in [5, 5.41) is 0. The number of hydrogen-bond acceptors (Lipinski definition) is 5. The van der Waals surface area contributed by atoms with Gasteiger partial charge in [-0.2, -0.15) is 0 Å². The highest BCUT2D eigenvalue weighted by Crippen LogP contribution is 2.38. The number of rotatable bonds is 7. The van der Waals surface area contributed by atoms with Crippen LogP contribution in [0.2, 0.25) is 0 Å². The normalized spacial score (nSPS) is 15.1. The number of amides is 2. The van der Waals surface area contributed by atoms with E-state index in [1.54, 1.807) is 13.2 Å². The topological polar surface area (TPSA) is 84.0 Å². The van der Waals surface area contributed by atoms with Crippen LogP contribution in [-0.4, -0.2) is 66.5 Å². The molecule has 1 saturated heterocycles. The summed E-state index contributed by atoms with van der Waals surface area (Å²) in [5.41, 5.74) is 14.2. The number of carbonyl (C=O) groups is 2. The Labute approximate surface area is 275 Å². The second-order valence-electron chi connectivity index (χ2n) is 12.4. The van der Waals surface area contributed by atoms with Crippen molar-refractivity contribution in [3.63, 3.8) is 0 Å². The lowest BCUT2D eigenvalue weighted by atomic mass is 9.90. The molecule has 0 spiro atoms. The Morgan fingerprint density at radius 2 is 1.51 bits per heavy atom. The number of likely N-dealkylation sites (N-methyl/N-ethyl adjacent to an activating group) is 1. The number of benzene rings is 4. The van der Waals surface area contributed by atoms with E-state index in [1.807, 2.05) is 83.8 Å². The quantitative estimate of drug-likeness (QED) is 0.244. The van der Waals surface area contributed by atoms with Crippen LogP contribution in [0.4, 0.5) is 5.69 Å². The van der Waals surface area contributed by atoms with Crippen LogP contribution in [0.25, 0.3) is 22.3 Å². The Hall–Kier alpha value is -5.18. The number of fused-ring (bicyclic) bond motifs is 2. The van der Waals surface area contributed by atoms with E-state index in [1.165, 1.54) is 5.69 Å². The summed E-state index contributed by atoms with van der Waals surface area (Å²) in [4.78, 5) is 34.0. The van der Waals surface area contributed by atoms with Gasteiger partial charge in [-0.15, -0.1) is 0 Å². The van der Waals surface area contributed by atoms with Crippen LogP contribution < -0.4 is 15.4 Å². The average molecular weight is 626 g/mol. The number of nitrogens with two attached hydrogens (primary N) is 1. The second-order valence-corrected chi connectivity index (χ2v) is 12.4. The number of methoxy groups -OCH3 is 1. The Balaban J connectivity index is 1.23. The van der Waals surface area contributed by atoms with E-state index in [0.29, 0.717) is 41.1 Å². The van der Waals surface area contributed by atoms with E-state index in [-0.39, 0.29) is 5.91 Å². The molecule has 2 aliphatic rings. The van der Waals surface area contributed by atoms with Crippen molar-refractivity contribution in [2.75, 3.05) is 45.2 Å². The Morgan fingerprint density at radius 1 is 0.766 bits per heavy atom. The lowest BCUT2D eigenvalue weighted by Crippen LogP contribution is -2.44. The lowest BCUT2D eigenvalue weighted by Gasteiger charge is -2.32. The summed E-state index contributed by atoms with van der Waals surface area (Å²) < 4.78 is 8.23. The maximum absolute atomic E-state index is 14.4. The summed E-state index contributed by atoms with van der Waals surface area (Å²) in [7, 11) is 3.75. The third-order valence-corrected chi connectivity index (χ3v) is 9.45. The van der Waals surface area contributed by atoms with Crippen LogP contribution in [-0.2, 0) is 19.6 Å². The first-order valence-electron chi connectivity index (χ1n) is 16.1. The zero-order valence-corrected chi connectivity index (χ0v) is 26.9. The first-order chi connectivity index (χ1) is 22.9. The first kappa shape index (κ1) is 30.5. The van der Waals surface area contributed by atoms with Crippen molar-refractivity contribution in [2.24, 2.45) is 5.73 Å². The number of para-hydroxylation sites is 1. The van der Waals surface area contributed by atoms with Crippen molar-refractivity contribution in [3.8, 4) is 28.0 Å². The van der Waals surface area contributed by atoms with E-state index in [9.17, 15) is 9.59 Å². The van der Waals surface area contributed by atoms with Gasteiger partial charge in [-0.05, 0) is 65.7 Å². The third kappa shape index (κ3) is 5.93. The Bertz CT molecular complexity index is 1940. The van der Waals surface area contributed by atoms with Gasteiger partial charge in [0.15, 0.2) is 0 Å². The molecule has 2 aliphatic heterocycles.